The monoisotopic (exact) mass is 737 g/mol. The number of rotatable bonds is 19. The van der Waals surface area contributed by atoms with Crippen LogP contribution in [-0.2, 0) is 53.1 Å². The first-order chi connectivity index (χ1) is 24.6. The fourth-order valence-electron chi connectivity index (χ4n) is 4.44. The van der Waals surface area contributed by atoms with E-state index < -0.39 is 21.9 Å². The highest BCUT2D eigenvalue weighted by molar-refractivity contribution is 8.32. The van der Waals surface area contributed by atoms with Gasteiger partial charge in [-0.05, 0) is 84.7 Å². The number of hydrogen-bond acceptors (Lipinski definition) is 10. The SMILES string of the molecule is CC(C)C(=O)Oc1ccc(CONC(=O)CCC(Cc2ccc(C(=O)OCc3ccc(OC(=O)C(C)C)cc3)cc2)C(=O)OCCS(C)(C)C)cc1. The normalized spacial score (nSPS) is 12.2. The van der Waals surface area contributed by atoms with Gasteiger partial charge in [0.15, 0.2) is 0 Å². The molecule has 0 aliphatic heterocycles. The third-order valence-electron chi connectivity index (χ3n) is 7.69. The summed E-state index contributed by atoms with van der Waals surface area (Å²) in [6.45, 7) is 7.46. The van der Waals surface area contributed by atoms with Crippen LogP contribution in [0.3, 0.4) is 0 Å². The maximum absolute atomic E-state index is 13.2. The fourth-order valence-corrected chi connectivity index (χ4v) is 5.02. The third kappa shape index (κ3) is 15.3. The minimum absolute atomic E-state index is 0.0277. The Hall–Kier alpha value is -4.68. The fraction of sp³-hybridized carbons (Fsp3) is 0.425. The van der Waals surface area contributed by atoms with E-state index in [1.807, 2.05) is 0 Å². The van der Waals surface area contributed by atoms with Gasteiger partial charge in [-0.25, -0.2) is 20.3 Å². The van der Waals surface area contributed by atoms with Crippen LogP contribution in [0.4, 0.5) is 0 Å². The summed E-state index contributed by atoms with van der Waals surface area (Å²) in [5, 5.41) is 0. The Kier molecular flexibility index (Phi) is 16.4. The predicted molar refractivity (Wildman–Crippen MR) is 200 cm³/mol. The van der Waals surface area contributed by atoms with Crippen LogP contribution in [0, 0.1) is 17.8 Å². The third-order valence-corrected chi connectivity index (χ3v) is 9.08. The van der Waals surface area contributed by atoms with E-state index in [1.165, 1.54) is 0 Å². The van der Waals surface area contributed by atoms with Gasteiger partial charge >= 0.3 is 23.9 Å². The van der Waals surface area contributed by atoms with Gasteiger partial charge in [0, 0.05) is 12.2 Å². The molecule has 3 aromatic carbocycles. The van der Waals surface area contributed by atoms with E-state index in [1.54, 1.807) is 100 Å². The minimum Gasteiger partial charge on any atom is -0.465 e. The lowest BCUT2D eigenvalue weighted by Gasteiger charge is -2.25. The molecule has 1 amide bonds. The molecule has 0 bridgehead atoms. The van der Waals surface area contributed by atoms with Crippen LogP contribution in [0.5, 0.6) is 11.5 Å². The maximum atomic E-state index is 13.2. The van der Waals surface area contributed by atoms with Crippen LogP contribution in [0.25, 0.3) is 0 Å². The number of esters is 4. The zero-order valence-electron chi connectivity index (χ0n) is 31.1. The molecule has 1 unspecified atom stereocenters. The Balaban J connectivity index is 1.52. The van der Waals surface area contributed by atoms with Gasteiger partial charge in [0.2, 0.25) is 5.91 Å². The predicted octanol–water partition coefficient (Wildman–Crippen LogP) is 6.59. The lowest BCUT2D eigenvalue weighted by Crippen LogP contribution is -2.27. The van der Waals surface area contributed by atoms with E-state index in [0.29, 0.717) is 30.1 Å². The zero-order valence-corrected chi connectivity index (χ0v) is 31.9. The second kappa shape index (κ2) is 20.4. The average molecular weight is 738 g/mol. The second-order valence-corrected chi connectivity index (χ2v) is 18.5. The van der Waals surface area contributed by atoms with Crippen molar-refractivity contribution in [2.45, 2.75) is 60.2 Å². The number of nitrogens with one attached hydrogen (secondary N) is 1. The molecule has 3 rings (SSSR count). The van der Waals surface area contributed by atoms with Crippen molar-refractivity contribution >= 4 is 39.8 Å². The highest BCUT2D eigenvalue weighted by Crippen LogP contribution is 2.33. The topological polar surface area (TPSA) is 144 Å². The van der Waals surface area contributed by atoms with Gasteiger partial charge in [0.25, 0.3) is 0 Å². The zero-order chi connectivity index (χ0) is 38.3. The highest BCUT2D eigenvalue weighted by atomic mass is 32.3. The van der Waals surface area contributed by atoms with E-state index in [4.69, 9.17) is 23.8 Å². The molecule has 0 saturated carbocycles. The first-order valence-electron chi connectivity index (χ1n) is 17.2. The second-order valence-electron chi connectivity index (χ2n) is 13.9. The molecule has 0 heterocycles. The Morgan fingerprint density at radius 3 is 1.63 bits per heavy atom. The first-order valence-corrected chi connectivity index (χ1v) is 20.2. The van der Waals surface area contributed by atoms with Gasteiger partial charge in [-0.2, -0.15) is 0 Å². The molecule has 0 aliphatic rings. The molecule has 282 valence electrons. The summed E-state index contributed by atoms with van der Waals surface area (Å²) in [5.41, 5.74) is 5.07. The van der Waals surface area contributed by atoms with Crippen LogP contribution in [0.2, 0.25) is 0 Å². The summed E-state index contributed by atoms with van der Waals surface area (Å²) >= 11 is 0. The number of hydroxylamine groups is 1. The first kappa shape index (κ1) is 41.7. The molecule has 0 aliphatic carbocycles. The molecule has 11 nitrogen and oxygen atoms in total. The van der Waals surface area contributed by atoms with Crippen LogP contribution >= 0.6 is 10.0 Å². The van der Waals surface area contributed by atoms with Crippen LogP contribution in [-0.4, -0.2) is 60.9 Å². The smallest absolute Gasteiger partial charge is 0.338 e. The molecule has 3 aromatic rings. The molecule has 52 heavy (non-hydrogen) atoms. The molecule has 0 radical (unpaired) electrons. The van der Waals surface area contributed by atoms with E-state index in [0.717, 1.165) is 22.4 Å². The van der Waals surface area contributed by atoms with E-state index in [-0.39, 0.29) is 61.7 Å². The molecule has 1 N–H and O–H groups in total. The number of hydrogen-bond donors (Lipinski definition) is 1. The molecule has 1 atom stereocenters. The van der Waals surface area contributed by atoms with Gasteiger partial charge in [-0.3, -0.25) is 24.0 Å². The summed E-state index contributed by atoms with van der Waals surface area (Å²) in [4.78, 5) is 67.5. The van der Waals surface area contributed by atoms with E-state index in [9.17, 15) is 24.0 Å². The lowest BCUT2D eigenvalue weighted by molar-refractivity contribution is -0.148. The van der Waals surface area contributed by atoms with Crippen molar-refractivity contribution in [3.05, 3.63) is 95.1 Å². The Labute approximate surface area is 308 Å². The Morgan fingerprint density at radius 1 is 0.635 bits per heavy atom. The Bertz CT molecular complexity index is 1630. The quantitative estimate of drug-likeness (QED) is 0.0813. The molecule has 0 fully saturated rings. The van der Waals surface area contributed by atoms with Crippen molar-refractivity contribution in [2.24, 2.45) is 17.8 Å². The van der Waals surface area contributed by atoms with Crippen molar-refractivity contribution in [3.8, 4) is 11.5 Å². The number of amides is 1. The number of carbonyl (C=O) groups excluding carboxylic acids is 5. The van der Waals surface area contributed by atoms with Crippen molar-refractivity contribution in [2.75, 3.05) is 31.1 Å². The van der Waals surface area contributed by atoms with Gasteiger partial charge in [-0.1, -0.05) is 64.1 Å². The standard InChI is InChI=1S/C40H51NO10S/c1-27(2)37(43)50-34-17-10-30(11-18-34)25-48-39(45)32-14-8-29(9-15-32)24-33(40(46)47-22-23-52(5,6)7)16-21-36(42)41-49-26-31-12-19-35(20-13-31)51-38(44)28(3)4/h8-15,17-20,27-28,33H,16,21-26H2,1-7H3,(H,41,42). The molecule has 0 spiro atoms. The number of benzene rings is 3. The summed E-state index contributed by atoms with van der Waals surface area (Å²) in [5.74, 6) is -1.40. The van der Waals surface area contributed by atoms with Gasteiger partial charge in [0.05, 0.1) is 36.5 Å². The van der Waals surface area contributed by atoms with Crippen molar-refractivity contribution < 1.29 is 47.8 Å². The van der Waals surface area contributed by atoms with Crippen LogP contribution < -0.4 is 15.0 Å². The van der Waals surface area contributed by atoms with E-state index >= 15 is 0 Å². The lowest BCUT2D eigenvalue weighted by atomic mass is 9.94. The van der Waals surface area contributed by atoms with Crippen LogP contribution in [0.15, 0.2) is 72.8 Å². The number of carbonyl (C=O) groups is 5. The van der Waals surface area contributed by atoms with Gasteiger partial charge in [0.1, 0.15) is 18.1 Å². The summed E-state index contributed by atoms with van der Waals surface area (Å²) < 4.78 is 21.6. The van der Waals surface area contributed by atoms with Gasteiger partial charge in [-0.15, -0.1) is 0 Å². The average Bonchev–Trinajstić information content (AvgIpc) is 3.09. The van der Waals surface area contributed by atoms with E-state index in [2.05, 4.69) is 24.2 Å². The highest BCUT2D eigenvalue weighted by Gasteiger charge is 2.23. The largest absolute Gasteiger partial charge is 0.465 e. The van der Waals surface area contributed by atoms with Crippen LogP contribution in [0.1, 0.15) is 67.6 Å². The summed E-state index contributed by atoms with van der Waals surface area (Å²) in [7, 11) is -0.861. The maximum Gasteiger partial charge on any atom is 0.338 e. The number of ether oxygens (including phenoxy) is 4. The van der Waals surface area contributed by atoms with Crippen molar-refractivity contribution in [3.63, 3.8) is 0 Å². The molecule has 0 saturated heterocycles. The minimum atomic E-state index is -0.861. The molecule has 12 heteroatoms. The molecular formula is C40H51NO10S. The Morgan fingerprint density at radius 2 is 1.13 bits per heavy atom. The summed E-state index contributed by atoms with van der Waals surface area (Å²) in [6.07, 6.45) is 7.01. The van der Waals surface area contributed by atoms with Crippen molar-refractivity contribution in [1.29, 1.82) is 0 Å². The van der Waals surface area contributed by atoms with Crippen molar-refractivity contribution in [1.82, 2.24) is 5.48 Å². The summed E-state index contributed by atoms with van der Waals surface area (Å²) in [6, 6.07) is 20.3. The van der Waals surface area contributed by atoms with Gasteiger partial charge < -0.3 is 18.9 Å². The molecule has 0 aromatic heterocycles. The molecular weight excluding hydrogens is 687 g/mol.